The monoisotopic (exact) mass is 242 g/mol. The molecule has 1 aliphatic carbocycles. The van der Waals surface area contributed by atoms with Gasteiger partial charge in [0.25, 0.3) is 0 Å². The zero-order valence-electron chi connectivity index (χ0n) is 11.6. The zero-order valence-corrected chi connectivity index (χ0v) is 11.6. The normalized spacial score (nSPS) is 23.4. The van der Waals surface area contributed by atoms with Crippen LogP contribution in [0.3, 0.4) is 0 Å². The molecule has 2 atom stereocenters. The van der Waals surface area contributed by atoms with E-state index < -0.39 is 0 Å². The smallest absolute Gasteiger partial charge is 0.0994 e. The summed E-state index contributed by atoms with van der Waals surface area (Å²) in [6.07, 6.45) is 5.29. The van der Waals surface area contributed by atoms with Crippen molar-refractivity contribution in [3.63, 3.8) is 0 Å². The lowest BCUT2D eigenvalue weighted by atomic mass is 9.86. The molecule has 0 spiro atoms. The van der Waals surface area contributed by atoms with Gasteiger partial charge in [0.2, 0.25) is 0 Å². The van der Waals surface area contributed by atoms with Crippen LogP contribution in [0.5, 0.6) is 0 Å². The second kappa shape index (κ2) is 5.44. The molecule has 2 unspecified atom stereocenters. The number of hydrogen-bond donors (Lipinski definition) is 0. The Morgan fingerprint density at radius 2 is 2.11 bits per heavy atom. The first-order valence-electron chi connectivity index (χ1n) is 6.85. The molecule has 96 valence electrons. The van der Waals surface area contributed by atoms with Crippen molar-refractivity contribution >= 4 is 5.69 Å². The number of benzene rings is 1. The maximum absolute atomic E-state index is 8.97. The van der Waals surface area contributed by atoms with Gasteiger partial charge in [-0.05, 0) is 49.4 Å². The Bertz CT molecular complexity index is 459. The zero-order chi connectivity index (χ0) is 13.1. The summed E-state index contributed by atoms with van der Waals surface area (Å²) in [6.45, 7) is 4.36. The predicted molar refractivity (Wildman–Crippen MR) is 75.7 cm³/mol. The van der Waals surface area contributed by atoms with E-state index in [0.29, 0.717) is 6.04 Å². The molecule has 0 aromatic heterocycles. The molecule has 0 aliphatic heterocycles. The highest BCUT2D eigenvalue weighted by Gasteiger charge is 2.22. The van der Waals surface area contributed by atoms with Crippen LogP contribution in [-0.2, 0) is 0 Å². The lowest BCUT2D eigenvalue weighted by molar-refractivity contribution is 0.336. The van der Waals surface area contributed by atoms with Crippen molar-refractivity contribution in [3.05, 3.63) is 29.3 Å². The van der Waals surface area contributed by atoms with Crippen molar-refractivity contribution in [1.29, 1.82) is 5.26 Å². The first kappa shape index (κ1) is 13.0. The van der Waals surface area contributed by atoms with E-state index in [0.717, 1.165) is 17.0 Å². The van der Waals surface area contributed by atoms with E-state index in [1.807, 2.05) is 13.0 Å². The minimum atomic E-state index is 0.654. The fourth-order valence-electron chi connectivity index (χ4n) is 2.96. The Labute approximate surface area is 110 Å². The van der Waals surface area contributed by atoms with Crippen LogP contribution in [0.25, 0.3) is 0 Å². The number of rotatable bonds is 2. The van der Waals surface area contributed by atoms with Crippen LogP contribution < -0.4 is 4.90 Å². The maximum Gasteiger partial charge on any atom is 0.0994 e. The quantitative estimate of drug-likeness (QED) is 0.787. The summed E-state index contributed by atoms with van der Waals surface area (Å²) in [5, 5.41) is 8.97. The molecular formula is C16H22N2. The van der Waals surface area contributed by atoms with Crippen LogP contribution in [0.4, 0.5) is 5.69 Å². The van der Waals surface area contributed by atoms with Gasteiger partial charge in [-0.1, -0.05) is 19.8 Å². The lowest BCUT2D eigenvalue weighted by Gasteiger charge is -2.35. The molecular weight excluding hydrogens is 220 g/mol. The fourth-order valence-corrected chi connectivity index (χ4v) is 2.96. The average molecular weight is 242 g/mol. The molecule has 0 bridgehead atoms. The van der Waals surface area contributed by atoms with E-state index in [1.54, 1.807) is 0 Å². The van der Waals surface area contributed by atoms with Crippen LogP contribution in [-0.4, -0.2) is 13.1 Å². The molecule has 2 nitrogen and oxygen atoms in total. The maximum atomic E-state index is 8.97. The Hall–Kier alpha value is -1.49. The van der Waals surface area contributed by atoms with Gasteiger partial charge in [0.15, 0.2) is 0 Å². The first-order chi connectivity index (χ1) is 8.61. The topological polar surface area (TPSA) is 27.0 Å². The summed E-state index contributed by atoms with van der Waals surface area (Å²) >= 11 is 0. The van der Waals surface area contributed by atoms with Gasteiger partial charge in [-0.2, -0.15) is 5.26 Å². The molecule has 1 aliphatic rings. The minimum absolute atomic E-state index is 0.654. The molecule has 2 heteroatoms. The van der Waals surface area contributed by atoms with Crippen molar-refractivity contribution in [2.45, 2.75) is 45.6 Å². The van der Waals surface area contributed by atoms with Gasteiger partial charge in [0.05, 0.1) is 11.6 Å². The Balaban J connectivity index is 2.15. The van der Waals surface area contributed by atoms with Crippen LogP contribution in [0.15, 0.2) is 18.2 Å². The second-order valence-electron chi connectivity index (χ2n) is 5.65. The van der Waals surface area contributed by atoms with Gasteiger partial charge in [-0.25, -0.2) is 0 Å². The molecule has 0 N–H and O–H groups in total. The van der Waals surface area contributed by atoms with Crippen LogP contribution in [0, 0.1) is 24.2 Å². The number of nitriles is 1. The molecule has 1 saturated carbocycles. The van der Waals surface area contributed by atoms with E-state index in [1.165, 1.54) is 31.4 Å². The average Bonchev–Trinajstić information content (AvgIpc) is 2.37. The number of nitrogens with zero attached hydrogens (tertiary/aromatic N) is 2. The third kappa shape index (κ3) is 2.67. The summed E-state index contributed by atoms with van der Waals surface area (Å²) in [5.74, 6) is 0.839. The number of anilines is 1. The third-order valence-corrected chi connectivity index (χ3v) is 4.19. The molecule has 1 fully saturated rings. The molecule has 2 rings (SSSR count). The molecule has 0 amide bonds. The Kier molecular flexibility index (Phi) is 3.91. The highest BCUT2D eigenvalue weighted by molar-refractivity contribution is 5.53. The van der Waals surface area contributed by atoms with Crippen molar-refractivity contribution in [1.82, 2.24) is 0 Å². The second-order valence-corrected chi connectivity index (χ2v) is 5.65. The molecule has 1 aromatic carbocycles. The molecule has 0 saturated heterocycles. The van der Waals surface area contributed by atoms with Crippen LogP contribution in [0.2, 0.25) is 0 Å². The molecule has 18 heavy (non-hydrogen) atoms. The third-order valence-electron chi connectivity index (χ3n) is 4.19. The summed E-state index contributed by atoms with van der Waals surface area (Å²) < 4.78 is 0. The van der Waals surface area contributed by atoms with Crippen molar-refractivity contribution in [3.8, 4) is 6.07 Å². The largest absolute Gasteiger partial charge is 0.372 e. The summed E-state index contributed by atoms with van der Waals surface area (Å²) in [7, 11) is 2.18. The van der Waals surface area contributed by atoms with E-state index in [2.05, 4.69) is 37.1 Å². The van der Waals surface area contributed by atoms with E-state index in [9.17, 15) is 0 Å². The number of aryl methyl sites for hydroxylation is 1. The van der Waals surface area contributed by atoms with Crippen LogP contribution >= 0.6 is 0 Å². The Morgan fingerprint density at radius 1 is 1.33 bits per heavy atom. The van der Waals surface area contributed by atoms with Gasteiger partial charge < -0.3 is 4.90 Å². The van der Waals surface area contributed by atoms with E-state index >= 15 is 0 Å². The van der Waals surface area contributed by atoms with Gasteiger partial charge >= 0.3 is 0 Å². The van der Waals surface area contributed by atoms with Crippen LogP contribution in [0.1, 0.15) is 43.7 Å². The standard InChI is InChI=1S/C16H22N2/c1-12-5-4-6-15(9-12)18(3)16-8-7-14(11-17)13(2)10-16/h7-8,10,12,15H,4-6,9H2,1-3H3. The SMILES string of the molecule is Cc1cc(N(C)C2CCCC(C)C2)ccc1C#N. The first-order valence-corrected chi connectivity index (χ1v) is 6.85. The van der Waals surface area contributed by atoms with E-state index in [-0.39, 0.29) is 0 Å². The van der Waals surface area contributed by atoms with Crippen molar-refractivity contribution in [2.24, 2.45) is 5.92 Å². The van der Waals surface area contributed by atoms with E-state index in [4.69, 9.17) is 5.26 Å². The summed E-state index contributed by atoms with van der Waals surface area (Å²) in [4.78, 5) is 2.39. The number of hydrogen-bond acceptors (Lipinski definition) is 2. The van der Waals surface area contributed by atoms with Gasteiger partial charge in [0.1, 0.15) is 0 Å². The Morgan fingerprint density at radius 3 is 2.72 bits per heavy atom. The highest BCUT2D eigenvalue weighted by Crippen LogP contribution is 2.30. The molecule has 0 radical (unpaired) electrons. The van der Waals surface area contributed by atoms with Crippen molar-refractivity contribution in [2.75, 3.05) is 11.9 Å². The highest BCUT2D eigenvalue weighted by atomic mass is 15.1. The van der Waals surface area contributed by atoms with Crippen molar-refractivity contribution < 1.29 is 0 Å². The summed E-state index contributed by atoms with van der Waals surface area (Å²) in [5.41, 5.74) is 3.10. The van der Waals surface area contributed by atoms with Gasteiger partial charge in [0, 0.05) is 18.8 Å². The molecule has 1 aromatic rings. The van der Waals surface area contributed by atoms with Gasteiger partial charge in [-0.15, -0.1) is 0 Å². The summed E-state index contributed by atoms with van der Waals surface area (Å²) in [6, 6.07) is 9.03. The predicted octanol–water partition coefficient (Wildman–Crippen LogP) is 3.88. The molecule has 0 heterocycles. The van der Waals surface area contributed by atoms with Gasteiger partial charge in [-0.3, -0.25) is 0 Å². The minimum Gasteiger partial charge on any atom is -0.372 e. The fraction of sp³-hybridized carbons (Fsp3) is 0.562. The lowest BCUT2D eigenvalue weighted by Crippen LogP contribution is -2.35.